The van der Waals surface area contributed by atoms with Gasteiger partial charge in [0.25, 0.3) is 0 Å². The van der Waals surface area contributed by atoms with Crippen molar-refractivity contribution in [1.82, 2.24) is 4.57 Å². The lowest BCUT2D eigenvalue weighted by molar-refractivity contribution is 0.547. The van der Waals surface area contributed by atoms with Gasteiger partial charge in [0.05, 0.1) is 28.4 Å². The number of rotatable bonds is 3. The third kappa shape index (κ3) is 3.69. The highest BCUT2D eigenvalue weighted by molar-refractivity contribution is 6.20. The molecular formula is C43H26N2O2. The molecule has 0 spiro atoms. The molecule has 0 N–H and O–H groups in total. The van der Waals surface area contributed by atoms with Crippen LogP contribution in [0.4, 0.5) is 0 Å². The fourth-order valence-corrected chi connectivity index (χ4v) is 7.62. The van der Waals surface area contributed by atoms with Crippen LogP contribution in [0.15, 0.2) is 136 Å². The van der Waals surface area contributed by atoms with Gasteiger partial charge in [-0.2, -0.15) is 5.26 Å². The first-order chi connectivity index (χ1) is 23.3. The lowest BCUT2D eigenvalue weighted by atomic mass is 9.93. The summed E-state index contributed by atoms with van der Waals surface area (Å²) in [6.07, 6.45) is 6.34. The van der Waals surface area contributed by atoms with Gasteiger partial charge in [-0.25, -0.2) is 0 Å². The van der Waals surface area contributed by atoms with Crippen molar-refractivity contribution in [3.8, 4) is 34.0 Å². The van der Waals surface area contributed by atoms with Crippen LogP contribution in [-0.2, 0) is 6.42 Å². The van der Waals surface area contributed by atoms with Gasteiger partial charge in [0.1, 0.15) is 16.9 Å². The molecule has 0 unspecified atom stereocenters. The molecule has 6 aromatic carbocycles. The highest BCUT2D eigenvalue weighted by Crippen LogP contribution is 2.46. The molecule has 0 atom stereocenters. The van der Waals surface area contributed by atoms with Crippen LogP contribution >= 0.6 is 0 Å². The summed E-state index contributed by atoms with van der Waals surface area (Å²) >= 11 is 0. The number of nitrogens with zero attached hydrogens (tertiary/aromatic N) is 2. The number of aromatic nitrogens is 1. The van der Waals surface area contributed by atoms with Crippen LogP contribution in [0.1, 0.15) is 23.3 Å². The van der Waals surface area contributed by atoms with Crippen LogP contribution in [0.25, 0.3) is 88.7 Å². The van der Waals surface area contributed by atoms with Gasteiger partial charge in [-0.3, -0.25) is 0 Å². The zero-order valence-electron chi connectivity index (χ0n) is 25.3. The molecule has 4 nitrogen and oxygen atoms in total. The topological polar surface area (TPSA) is 55.0 Å². The summed E-state index contributed by atoms with van der Waals surface area (Å²) in [5, 5.41) is 15.1. The van der Waals surface area contributed by atoms with E-state index in [0.29, 0.717) is 5.56 Å². The Morgan fingerprint density at radius 3 is 2.30 bits per heavy atom. The van der Waals surface area contributed by atoms with E-state index in [1.807, 2.05) is 30.3 Å². The smallest absolute Gasteiger partial charge is 0.159 e. The first-order valence-corrected chi connectivity index (χ1v) is 16.0. The number of para-hydroxylation sites is 3. The molecule has 10 rings (SSSR count). The first-order valence-electron chi connectivity index (χ1n) is 16.0. The number of benzene rings is 6. The second kappa shape index (κ2) is 9.84. The van der Waals surface area contributed by atoms with E-state index >= 15 is 0 Å². The molecular weight excluding hydrogens is 576 g/mol. The monoisotopic (exact) mass is 602 g/mol. The number of fused-ring (bicyclic) bond motifs is 9. The summed E-state index contributed by atoms with van der Waals surface area (Å²) in [6, 6.07) is 44.3. The lowest BCUT2D eigenvalue weighted by Gasteiger charge is -2.09. The number of aryl methyl sites for hydroxylation is 1. The first kappa shape index (κ1) is 26.0. The van der Waals surface area contributed by atoms with Crippen molar-refractivity contribution in [3.63, 3.8) is 0 Å². The predicted molar refractivity (Wildman–Crippen MR) is 191 cm³/mol. The molecule has 0 amide bonds. The molecule has 0 saturated carbocycles. The van der Waals surface area contributed by atoms with E-state index in [2.05, 4.69) is 114 Å². The Balaban J connectivity index is 1.33. The van der Waals surface area contributed by atoms with Crippen molar-refractivity contribution in [1.29, 1.82) is 5.26 Å². The Morgan fingerprint density at radius 1 is 0.596 bits per heavy atom. The zero-order valence-corrected chi connectivity index (χ0v) is 25.3. The van der Waals surface area contributed by atoms with Gasteiger partial charge in [0, 0.05) is 50.0 Å². The minimum absolute atomic E-state index is 0.642. The van der Waals surface area contributed by atoms with E-state index in [0.717, 1.165) is 101 Å². The van der Waals surface area contributed by atoms with Crippen LogP contribution in [-0.4, -0.2) is 4.57 Å². The molecule has 47 heavy (non-hydrogen) atoms. The van der Waals surface area contributed by atoms with Crippen molar-refractivity contribution in [2.45, 2.75) is 12.8 Å². The molecule has 0 fully saturated rings. The van der Waals surface area contributed by atoms with E-state index in [9.17, 15) is 5.26 Å². The molecule has 220 valence electrons. The van der Waals surface area contributed by atoms with Gasteiger partial charge >= 0.3 is 0 Å². The number of nitriles is 1. The molecule has 0 saturated heterocycles. The fourth-order valence-electron chi connectivity index (χ4n) is 7.62. The molecule has 3 aromatic heterocycles. The lowest BCUT2D eigenvalue weighted by Crippen LogP contribution is -1.94. The standard InChI is InChI=1S/C43H26N2O2/c44-25-26-20-23-37-35(24-26)29-12-4-6-17-36(29)45(37)38-18-9-16-34-40-31(22-21-28(43(40)47-42(34)38)27-10-2-1-3-11-27)33-15-8-14-32-30-13-5-7-19-39(30)46-41(32)33/h1-6,8-18,20-24H,7,19H2. The largest absolute Gasteiger partial charge is 0.460 e. The van der Waals surface area contributed by atoms with Crippen molar-refractivity contribution in [2.75, 3.05) is 0 Å². The molecule has 1 aliphatic carbocycles. The van der Waals surface area contributed by atoms with Crippen molar-refractivity contribution < 1.29 is 8.83 Å². The van der Waals surface area contributed by atoms with Crippen molar-refractivity contribution in [2.24, 2.45) is 0 Å². The van der Waals surface area contributed by atoms with Gasteiger partial charge in [-0.15, -0.1) is 0 Å². The van der Waals surface area contributed by atoms with Gasteiger partial charge in [0.15, 0.2) is 5.58 Å². The van der Waals surface area contributed by atoms with E-state index < -0.39 is 0 Å². The third-order valence-corrected chi connectivity index (χ3v) is 9.70. The second-order valence-corrected chi connectivity index (χ2v) is 12.2. The summed E-state index contributed by atoms with van der Waals surface area (Å²) in [6.45, 7) is 0. The molecule has 0 radical (unpaired) electrons. The molecule has 4 heteroatoms. The molecule has 1 aliphatic rings. The van der Waals surface area contributed by atoms with Crippen LogP contribution < -0.4 is 0 Å². The van der Waals surface area contributed by atoms with Gasteiger partial charge < -0.3 is 13.4 Å². The summed E-state index contributed by atoms with van der Waals surface area (Å²) < 4.78 is 16.0. The second-order valence-electron chi connectivity index (χ2n) is 12.2. The van der Waals surface area contributed by atoms with Gasteiger partial charge in [-0.1, -0.05) is 97.1 Å². The number of hydrogen-bond donors (Lipinski definition) is 0. The summed E-state index contributed by atoms with van der Waals surface area (Å²) in [5.74, 6) is 1.05. The summed E-state index contributed by atoms with van der Waals surface area (Å²) in [5.41, 5.74) is 11.7. The molecule has 0 aliphatic heterocycles. The molecule has 9 aromatic rings. The Kier molecular flexibility index (Phi) is 5.44. The normalized spacial score (nSPS) is 12.8. The highest BCUT2D eigenvalue weighted by atomic mass is 16.3. The Morgan fingerprint density at radius 2 is 1.38 bits per heavy atom. The average molecular weight is 603 g/mol. The number of furan rings is 2. The van der Waals surface area contributed by atoms with Crippen LogP contribution in [0.5, 0.6) is 0 Å². The van der Waals surface area contributed by atoms with E-state index in [-0.39, 0.29) is 0 Å². The SMILES string of the molecule is N#Cc1ccc2c(c1)c1ccccc1n2-c1cccc2c1oc1c(-c3ccccc3)ccc(-c3cccc4c5c(oc34)CCC=C5)c12. The van der Waals surface area contributed by atoms with Crippen molar-refractivity contribution >= 4 is 60.8 Å². The fraction of sp³-hybridized carbons (Fsp3) is 0.0465. The number of hydrogen-bond acceptors (Lipinski definition) is 3. The third-order valence-electron chi connectivity index (χ3n) is 9.70. The number of allylic oxidation sites excluding steroid dienone is 1. The Hall–Kier alpha value is -6.31. The van der Waals surface area contributed by atoms with Crippen LogP contribution in [0.3, 0.4) is 0 Å². The Bertz CT molecular complexity index is 2800. The molecule has 0 bridgehead atoms. The minimum atomic E-state index is 0.642. The van der Waals surface area contributed by atoms with Gasteiger partial charge in [0.2, 0.25) is 0 Å². The zero-order chi connectivity index (χ0) is 31.1. The Labute approximate surface area is 270 Å². The van der Waals surface area contributed by atoms with Gasteiger partial charge in [-0.05, 0) is 53.9 Å². The van der Waals surface area contributed by atoms with Crippen molar-refractivity contribution in [3.05, 3.63) is 144 Å². The molecule has 3 heterocycles. The average Bonchev–Trinajstić information content (AvgIpc) is 3.81. The van der Waals surface area contributed by atoms with E-state index in [1.165, 1.54) is 5.56 Å². The highest BCUT2D eigenvalue weighted by Gasteiger charge is 2.24. The maximum atomic E-state index is 9.69. The van der Waals surface area contributed by atoms with E-state index in [1.54, 1.807) is 0 Å². The summed E-state index contributed by atoms with van der Waals surface area (Å²) in [7, 11) is 0. The van der Waals surface area contributed by atoms with Crippen LogP contribution in [0, 0.1) is 11.3 Å². The predicted octanol–water partition coefficient (Wildman–Crippen LogP) is 11.6. The quantitative estimate of drug-likeness (QED) is 0.202. The minimum Gasteiger partial charge on any atom is -0.460 e. The maximum absolute atomic E-state index is 9.69. The maximum Gasteiger partial charge on any atom is 0.159 e. The summed E-state index contributed by atoms with van der Waals surface area (Å²) in [4.78, 5) is 0. The van der Waals surface area contributed by atoms with E-state index in [4.69, 9.17) is 8.83 Å². The van der Waals surface area contributed by atoms with Crippen LogP contribution in [0.2, 0.25) is 0 Å².